The number of amides is 1. The minimum atomic E-state index is -3.81. The highest BCUT2D eigenvalue weighted by Gasteiger charge is 2.26. The van der Waals surface area contributed by atoms with E-state index in [1.54, 1.807) is 12.1 Å². The summed E-state index contributed by atoms with van der Waals surface area (Å²) in [5.74, 6) is -0.895. The lowest BCUT2D eigenvalue weighted by atomic mass is 10.2. The van der Waals surface area contributed by atoms with Gasteiger partial charge in [-0.15, -0.1) is 0 Å². The van der Waals surface area contributed by atoms with Crippen molar-refractivity contribution in [1.29, 1.82) is 0 Å². The number of sulfone groups is 1. The van der Waals surface area contributed by atoms with Gasteiger partial charge in [0.1, 0.15) is 23.0 Å². The molecule has 4 aromatic rings. The SMILES string of the molecule is CS(=O)(=O)c1cc(-c2ccco2)nc(C(=O)NCc2ccc(F)cc2)c1OCc1ccccc1. The molecule has 1 N–H and O–H groups in total. The van der Waals surface area contributed by atoms with Crippen LogP contribution in [0.3, 0.4) is 0 Å². The van der Waals surface area contributed by atoms with Gasteiger partial charge in [0.25, 0.3) is 5.91 Å². The lowest BCUT2D eigenvalue weighted by molar-refractivity contribution is 0.0940. The largest absolute Gasteiger partial charge is 0.485 e. The number of pyridine rings is 1. The summed E-state index contributed by atoms with van der Waals surface area (Å²) >= 11 is 0. The van der Waals surface area contributed by atoms with Crippen LogP contribution in [0.4, 0.5) is 4.39 Å². The lowest BCUT2D eigenvalue weighted by Crippen LogP contribution is -2.25. The number of carbonyl (C=O) groups is 1. The van der Waals surface area contributed by atoms with Crippen LogP contribution in [0.5, 0.6) is 5.75 Å². The van der Waals surface area contributed by atoms with Gasteiger partial charge in [-0.1, -0.05) is 42.5 Å². The normalized spacial score (nSPS) is 11.2. The van der Waals surface area contributed by atoms with Crippen molar-refractivity contribution < 1.29 is 26.8 Å². The Hall–Kier alpha value is -3.98. The molecule has 0 atom stereocenters. The Bertz CT molecular complexity index is 1390. The molecule has 0 aliphatic heterocycles. The predicted molar refractivity (Wildman–Crippen MR) is 123 cm³/mol. The molecule has 2 aromatic carbocycles. The number of furan rings is 1. The Labute approximate surface area is 196 Å². The first-order valence-electron chi connectivity index (χ1n) is 10.3. The Kier molecular flexibility index (Phi) is 6.74. The molecule has 0 radical (unpaired) electrons. The van der Waals surface area contributed by atoms with Crippen molar-refractivity contribution in [1.82, 2.24) is 10.3 Å². The van der Waals surface area contributed by atoms with Crippen molar-refractivity contribution in [2.24, 2.45) is 0 Å². The quantitative estimate of drug-likeness (QED) is 0.402. The molecule has 0 fully saturated rings. The Morgan fingerprint density at radius 3 is 2.41 bits per heavy atom. The number of benzene rings is 2. The first-order chi connectivity index (χ1) is 16.3. The number of rotatable bonds is 8. The summed E-state index contributed by atoms with van der Waals surface area (Å²) in [7, 11) is -3.81. The summed E-state index contributed by atoms with van der Waals surface area (Å²) in [4.78, 5) is 17.4. The molecule has 0 unspecified atom stereocenters. The van der Waals surface area contributed by atoms with E-state index in [0.717, 1.165) is 11.8 Å². The van der Waals surface area contributed by atoms with Crippen LogP contribution in [0.25, 0.3) is 11.5 Å². The maximum absolute atomic E-state index is 13.2. The monoisotopic (exact) mass is 480 g/mol. The van der Waals surface area contributed by atoms with Gasteiger partial charge < -0.3 is 14.5 Å². The Morgan fingerprint density at radius 2 is 1.76 bits per heavy atom. The van der Waals surface area contributed by atoms with E-state index < -0.39 is 21.6 Å². The molecule has 4 rings (SSSR count). The zero-order chi connectivity index (χ0) is 24.1. The summed E-state index contributed by atoms with van der Waals surface area (Å²) in [5.41, 5.74) is 1.42. The average Bonchev–Trinajstić information content (AvgIpc) is 3.37. The summed E-state index contributed by atoms with van der Waals surface area (Å²) in [5, 5.41) is 2.70. The van der Waals surface area contributed by atoms with Crippen LogP contribution >= 0.6 is 0 Å². The van der Waals surface area contributed by atoms with Crippen molar-refractivity contribution in [3.8, 4) is 17.2 Å². The van der Waals surface area contributed by atoms with Gasteiger partial charge in [-0.2, -0.15) is 0 Å². The number of ether oxygens (including phenoxy) is 1. The van der Waals surface area contributed by atoms with Gasteiger partial charge >= 0.3 is 0 Å². The lowest BCUT2D eigenvalue weighted by Gasteiger charge is -2.16. The van der Waals surface area contributed by atoms with Gasteiger partial charge in [-0.3, -0.25) is 4.79 Å². The van der Waals surface area contributed by atoms with Crippen LogP contribution in [0.2, 0.25) is 0 Å². The zero-order valence-electron chi connectivity index (χ0n) is 18.2. The number of halogens is 1. The summed E-state index contributed by atoms with van der Waals surface area (Å²) < 4.78 is 49.7. The van der Waals surface area contributed by atoms with Gasteiger partial charge in [0.2, 0.25) is 0 Å². The molecular formula is C25H21FN2O5S. The molecule has 0 aliphatic carbocycles. The zero-order valence-corrected chi connectivity index (χ0v) is 19.0. The van der Waals surface area contributed by atoms with Gasteiger partial charge in [0, 0.05) is 12.8 Å². The van der Waals surface area contributed by atoms with Crippen LogP contribution in [-0.4, -0.2) is 25.6 Å². The summed E-state index contributed by atoms with van der Waals surface area (Å²) in [6.07, 6.45) is 2.45. The number of nitrogens with one attached hydrogen (secondary N) is 1. The van der Waals surface area contributed by atoms with Gasteiger partial charge in [-0.25, -0.2) is 17.8 Å². The van der Waals surface area contributed by atoms with Crippen molar-refractivity contribution in [2.75, 3.05) is 6.26 Å². The number of carbonyl (C=O) groups excluding carboxylic acids is 1. The summed E-state index contributed by atoms with van der Waals surface area (Å²) in [6, 6.07) is 19.3. The highest BCUT2D eigenvalue weighted by molar-refractivity contribution is 7.90. The molecule has 1 amide bonds. The van der Waals surface area contributed by atoms with Crippen LogP contribution in [0.15, 0.2) is 88.4 Å². The molecule has 174 valence electrons. The second kappa shape index (κ2) is 9.88. The highest BCUT2D eigenvalue weighted by atomic mass is 32.2. The first-order valence-corrected chi connectivity index (χ1v) is 12.2. The first kappa shape index (κ1) is 23.2. The third-order valence-electron chi connectivity index (χ3n) is 4.92. The molecule has 0 saturated heterocycles. The smallest absolute Gasteiger partial charge is 0.274 e. The molecule has 0 aliphatic rings. The van der Waals surface area contributed by atoms with E-state index in [1.165, 1.54) is 36.6 Å². The standard InChI is InChI=1S/C25H21FN2O5S/c1-34(30,31)22-14-20(21-8-5-13-32-21)28-23(24(22)33-16-18-6-3-2-4-7-18)25(29)27-15-17-9-11-19(26)12-10-17/h2-14H,15-16H2,1H3,(H,27,29). The molecule has 9 heteroatoms. The Balaban J connectivity index is 1.74. The molecular weight excluding hydrogens is 459 g/mol. The molecule has 0 bridgehead atoms. The average molecular weight is 481 g/mol. The maximum Gasteiger partial charge on any atom is 0.274 e. The van der Waals surface area contributed by atoms with Gasteiger partial charge in [-0.05, 0) is 41.5 Å². The predicted octanol–water partition coefficient (Wildman–Crippen LogP) is 4.39. The highest BCUT2D eigenvalue weighted by Crippen LogP contribution is 2.32. The van der Waals surface area contributed by atoms with Crippen molar-refractivity contribution in [3.63, 3.8) is 0 Å². The van der Waals surface area contributed by atoms with Crippen LogP contribution in [0.1, 0.15) is 21.6 Å². The molecule has 34 heavy (non-hydrogen) atoms. The third-order valence-corrected chi connectivity index (χ3v) is 6.02. The molecule has 0 saturated carbocycles. The summed E-state index contributed by atoms with van der Waals surface area (Å²) in [6.45, 7) is 0.113. The topological polar surface area (TPSA) is 98.5 Å². The van der Waals surface area contributed by atoms with Crippen molar-refractivity contribution in [3.05, 3.63) is 102 Å². The van der Waals surface area contributed by atoms with Crippen LogP contribution in [0, 0.1) is 5.82 Å². The van der Waals surface area contributed by atoms with Crippen molar-refractivity contribution >= 4 is 15.7 Å². The number of nitrogens with zero attached hydrogens (tertiary/aromatic N) is 1. The fraction of sp³-hybridized carbons (Fsp3) is 0.120. The van der Waals surface area contributed by atoms with Crippen molar-refractivity contribution in [2.45, 2.75) is 18.0 Å². The fourth-order valence-corrected chi connectivity index (χ4v) is 4.05. The second-order valence-corrected chi connectivity index (χ2v) is 9.50. The van der Waals surface area contributed by atoms with Crippen LogP contribution < -0.4 is 10.1 Å². The van der Waals surface area contributed by atoms with Crippen LogP contribution in [-0.2, 0) is 23.0 Å². The molecule has 7 nitrogen and oxygen atoms in total. The van der Waals surface area contributed by atoms with E-state index in [2.05, 4.69) is 10.3 Å². The number of hydrogen-bond acceptors (Lipinski definition) is 6. The minimum absolute atomic E-state index is 0.0311. The van der Waals surface area contributed by atoms with Gasteiger partial charge in [0.15, 0.2) is 27.0 Å². The van der Waals surface area contributed by atoms with E-state index >= 15 is 0 Å². The van der Waals surface area contributed by atoms with Gasteiger partial charge in [0.05, 0.1) is 6.26 Å². The fourth-order valence-electron chi connectivity index (χ4n) is 3.23. The molecule has 2 heterocycles. The third kappa shape index (κ3) is 5.49. The van der Waals surface area contributed by atoms with E-state index in [1.807, 2.05) is 30.3 Å². The second-order valence-electron chi connectivity index (χ2n) is 7.52. The van der Waals surface area contributed by atoms with E-state index in [9.17, 15) is 17.6 Å². The Morgan fingerprint density at radius 1 is 1.03 bits per heavy atom. The van der Waals surface area contributed by atoms with E-state index in [4.69, 9.17) is 9.15 Å². The van der Waals surface area contributed by atoms with E-state index in [0.29, 0.717) is 11.3 Å². The number of aromatic nitrogens is 1. The number of hydrogen-bond donors (Lipinski definition) is 1. The molecule has 0 spiro atoms. The van der Waals surface area contributed by atoms with E-state index in [-0.39, 0.29) is 35.2 Å². The minimum Gasteiger partial charge on any atom is -0.485 e. The maximum atomic E-state index is 13.2. The molecule has 2 aromatic heterocycles.